The number of rotatable bonds is 3. The summed E-state index contributed by atoms with van der Waals surface area (Å²) in [4.78, 5) is 0. The van der Waals surface area contributed by atoms with Crippen molar-refractivity contribution in [3.05, 3.63) is 0 Å². The second-order valence-corrected chi connectivity index (χ2v) is 5.77. The van der Waals surface area contributed by atoms with Gasteiger partial charge in [-0.05, 0) is 31.2 Å². The Bertz CT molecular complexity index is 200. The summed E-state index contributed by atoms with van der Waals surface area (Å²) in [6, 6.07) is 0.379. The SMILES string of the molecule is CC1CCCC(CNC2COCC2Cl)C1. The molecule has 0 aromatic heterocycles. The normalized spacial score (nSPS) is 42.0. The molecule has 0 bridgehead atoms. The van der Waals surface area contributed by atoms with Gasteiger partial charge in [-0.3, -0.25) is 0 Å². The first kappa shape index (κ1) is 11.7. The maximum absolute atomic E-state index is 6.14. The summed E-state index contributed by atoms with van der Waals surface area (Å²) in [5, 5.41) is 3.74. The van der Waals surface area contributed by atoms with Crippen LogP contribution < -0.4 is 5.32 Å². The summed E-state index contributed by atoms with van der Waals surface area (Å²) in [5.74, 6) is 1.77. The van der Waals surface area contributed by atoms with Crippen molar-refractivity contribution in [2.24, 2.45) is 11.8 Å². The summed E-state index contributed by atoms with van der Waals surface area (Å²) in [6.45, 7) is 4.99. The average molecular weight is 232 g/mol. The van der Waals surface area contributed by atoms with Gasteiger partial charge in [-0.1, -0.05) is 19.8 Å². The Labute approximate surface area is 97.7 Å². The van der Waals surface area contributed by atoms with E-state index in [1.807, 2.05) is 0 Å². The van der Waals surface area contributed by atoms with Gasteiger partial charge in [0.1, 0.15) is 0 Å². The van der Waals surface area contributed by atoms with E-state index in [0.717, 1.165) is 25.0 Å². The van der Waals surface area contributed by atoms with Gasteiger partial charge in [-0.15, -0.1) is 11.6 Å². The molecule has 4 atom stereocenters. The molecule has 2 nitrogen and oxygen atoms in total. The van der Waals surface area contributed by atoms with Gasteiger partial charge in [0.15, 0.2) is 0 Å². The van der Waals surface area contributed by atoms with E-state index in [1.54, 1.807) is 0 Å². The highest BCUT2D eigenvalue weighted by atomic mass is 35.5. The molecule has 1 N–H and O–H groups in total. The molecular weight excluding hydrogens is 210 g/mol. The van der Waals surface area contributed by atoms with Crippen LogP contribution in [0.2, 0.25) is 0 Å². The minimum absolute atomic E-state index is 0.172. The molecule has 2 fully saturated rings. The molecule has 0 spiro atoms. The number of hydrogen-bond acceptors (Lipinski definition) is 2. The molecule has 4 unspecified atom stereocenters. The maximum Gasteiger partial charge on any atom is 0.0745 e. The predicted octanol–water partition coefficient (Wildman–Crippen LogP) is 2.41. The molecule has 2 aliphatic rings. The zero-order valence-corrected chi connectivity index (χ0v) is 10.3. The summed E-state index contributed by atoms with van der Waals surface area (Å²) >= 11 is 6.14. The van der Waals surface area contributed by atoms with E-state index in [1.165, 1.54) is 25.7 Å². The zero-order chi connectivity index (χ0) is 10.7. The molecule has 0 aromatic rings. The zero-order valence-electron chi connectivity index (χ0n) is 9.55. The van der Waals surface area contributed by atoms with Crippen LogP contribution in [0, 0.1) is 11.8 Å². The Morgan fingerprint density at radius 2 is 2.20 bits per heavy atom. The number of nitrogens with one attached hydrogen (secondary N) is 1. The van der Waals surface area contributed by atoms with E-state index in [-0.39, 0.29) is 5.38 Å². The van der Waals surface area contributed by atoms with Crippen molar-refractivity contribution in [1.82, 2.24) is 5.32 Å². The molecule has 1 aliphatic carbocycles. The molecule has 1 heterocycles. The molecule has 15 heavy (non-hydrogen) atoms. The van der Waals surface area contributed by atoms with E-state index in [9.17, 15) is 0 Å². The quantitative estimate of drug-likeness (QED) is 0.754. The molecule has 0 aromatic carbocycles. The third kappa shape index (κ3) is 3.33. The Hall–Kier alpha value is 0.210. The Morgan fingerprint density at radius 3 is 2.87 bits per heavy atom. The molecule has 0 radical (unpaired) electrons. The fraction of sp³-hybridized carbons (Fsp3) is 1.00. The average Bonchev–Trinajstić information content (AvgIpc) is 2.61. The summed E-state index contributed by atoms with van der Waals surface area (Å²) in [7, 11) is 0. The van der Waals surface area contributed by atoms with Crippen LogP contribution in [-0.4, -0.2) is 31.2 Å². The van der Waals surface area contributed by atoms with Crippen LogP contribution in [0.3, 0.4) is 0 Å². The maximum atomic E-state index is 6.14. The molecular formula is C12H22ClNO. The Morgan fingerprint density at radius 1 is 1.33 bits per heavy atom. The van der Waals surface area contributed by atoms with Gasteiger partial charge in [0, 0.05) is 6.04 Å². The van der Waals surface area contributed by atoms with Crippen molar-refractivity contribution >= 4 is 11.6 Å². The number of alkyl halides is 1. The van der Waals surface area contributed by atoms with Crippen molar-refractivity contribution in [1.29, 1.82) is 0 Å². The van der Waals surface area contributed by atoms with Crippen molar-refractivity contribution in [2.75, 3.05) is 19.8 Å². The van der Waals surface area contributed by atoms with Crippen molar-refractivity contribution in [3.8, 4) is 0 Å². The molecule has 88 valence electrons. The minimum Gasteiger partial charge on any atom is -0.378 e. The molecule has 1 aliphatic heterocycles. The van der Waals surface area contributed by atoms with Crippen LogP contribution in [-0.2, 0) is 4.74 Å². The highest BCUT2D eigenvalue weighted by Crippen LogP contribution is 2.28. The lowest BCUT2D eigenvalue weighted by Gasteiger charge is -2.28. The minimum atomic E-state index is 0.172. The second-order valence-electron chi connectivity index (χ2n) is 5.21. The summed E-state index contributed by atoms with van der Waals surface area (Å²) < 4.78 is 5.34. The van der Waals surface area contributed by atoms with Crippen molar-refractivity contribution in [2.45, 2.75) is 44.0 Å². The van der Waals surface area contributed by atoms with E-state index >= 15 is 0 Å². The molecule has 1 saturated heterocycles. The fourth-order valence-electron chi connectivity index (χ4n) is 2.78. The van der Waals surface area contributed by atoms with Gasteiger partial charge in [0.25, 0.3) is 0 Å². The molecule has 1 saturated carbocycles. The van der Waals surface area contributed by atoms with E-state index in [2.05, 4.69) is 12.2 Å². The lowest BCUT2D eigenvalue weighted by Crippen LogP contribution is -2.39. The van der Waals surface area contributed by atoms with Crippen LogP contribution in [0.5, 0.6) is 0 Å². The van der Waals surface area contributed by atoms with Crippen LogP contribution in [0.1, 0.15) is 32.6 Å². The predicted molar refractivity (Wildman–Crippen MR) is 63.4 cm³/mol. The van der Waals surface area contributed by atoms with E-state index in [0.29, 0.717) is 12.6 Å². The lowest BCUT2D eigenvalue weighted by molar-refractivity contribution is 0.187. The van der Waals surface area contributed by atoms with Crippen molar-refractivity contribution in [3.63, 3.8) is 0 Å². The highest BCUT2D eigenvalue weighted by Gasteiger charge is 2.27. The monoisotopic (exact) mass is 231 g/mol. The fourth-order valence-corrected chi connectivity index (χ4v) is 3.03. The van der Waals surface area contributed by atoms with Gasteiger partial charge in [0.05, 0.1) is 18.6 Å². The largest absolute Gasteiger partial charge is 0.378 e. The number of ether oxygens (including phenoxy) is 1. The van der Waals surface area contributed by atoms with Crippen LogP contribution in [0.25, 0.3) is 0 Å². The Kier molecular flexibility index (Phi) is 4.30. The van der Waals surface area contributed by atoms with Gasteiger partial charge in [-0.25, -0.2) is 0 Å². The molecule has 2 rings (SSSR count). The van der Waals surface area contributed by atoms with Gasteiger partial charge in [-0.2, -0.15) is 0 Å². The number of hydrogen-bond donors (Lipinski definition) is 1. The molecule has 3 heteroatoms. The number of halogens is 1. The summed E-state index contributed by atoms with van der Waals surface area (Å²) in [5.41, 5.74) is 0. The highest BCUT2D eigenvalue weighted by molar-refractivity contribution is 6.21. The van der Waals surface area contributed by atoms with E-state index in [4.69, 9.17) is 16.3 Å². The lowest BCUT2D eigenvalue weighted by atomic mass is 9.82. The Balaban J connectivity index is 1.68. The first-order chi connectivity index (χ1) is 7.25. The van der Waals surface area contributed by atoms with Crippen LogP contribution in [0.4, 0.5) is 0 Å². The van der Waals surface area contributed by atoms with Gasteiger partial charge in [0.2, 0.25) is 0 Å². The van der Waals surface area contributed by atoms with Crippen LogP contribution >= 0.6 is 11.6 Å². The third-order valence-electron chi connectivity index (χ3n) is 3.72. The van der Waals surface area contributed by atoms with Gasteiger partial charge < -0.3 is 10.1 Å². The van der Waals surface area contributed by atoms with Gasteiger partial charge >= 0.3 is 0 Å². The first-order valence-corrected chi connectivity index (χ1v) is 6.64. The smallest absolute Gasteiger partial charge is 0.0745 e. The standard InChI is InChI=1S/C12H22ClNO/c1-9-3-2-4-10(5-9)6-14-12-8-15-7-11(12)13/h9-12,14H,2-8H2,1H3. The first-order valence-electron chi connectivity index (χ1n) is 6.21. The van der Waals surface area contributed by atoms with Crippen LogP contribution in [0.15, 0.2) is 0 Å². The van der Waals surface area contributed by atoms with Crippen molar-refractivity contribution < 1.29 is 4.74 Å². The third-order valence-corrected chi connectivity index (χ3v) is 4.15. The van der Waals surface area contributed by atoms with E-state index < -0.39 is 0 Å². The molecule has 0 amide bonds. The summed E-state index contributed by atoms with van der Waals surface area (Å²) in [6.07, 6.45) is 5.59. The topological polar surface area (TPSA) is 21.3 Å². The second kappa shape index (κ2) is 5.51.